The van der Waals surface area contributed by atoms with Crippen LogP contribution in [0.1, 0.15) is 33.1 Å². The number of aliphatic carboxylic acids is 1. The van der Waals surface area contributed by atoms with Crippen LogP contribution < -0.4 is 5.11 Å². The van der Waals surface area contributed by atoms with E-state index in [0.717, 1.165) is 6.42 Å². The molecule has 0 aromatic carbocycles. The first-order valence-corrected chi connectivity index (χ1v) is 7.20. The van der Waals surface area contributed by atoms with Crippen LogP contribution in [-0.4, -0.2) is 24.0 Å². The summed E-state index contributed by atoms with van der Waals surface area (Å²) < 4.78 is 32.2. The molecule has 0 heterocycles. The normalized spacial score (nSPS) is 28.9. The van der Waals surface area contributed by atoms with Gasteiger partial charge in [-0.05, 0) is 37.0 Å². The zero-order valence-electron chi connectivity index (χ0n) is 12.1. The SMILES string of the molecule is CC(C)CC(OC(=O)C1CC2C=CC1C2)C(F)(F)C(=O)[O-]. The van der Waals surface area contributed by atoms with Gasteiger partial charge in [0, 0.05) is 0 Å². The van der Waals surface area contributed by atoms with Crippen LogP contribution in [0.2, 0.25) is 0 Å². The topological polar surface area (TPSA) is 66.4 Å². The van der Waals surface area contributed by atoms with E-state index in [9.17, 15) is 23.5 Å². The molecule has 2 aliphatic rings. The van der Waals surface area contributed by atoms with Gasteiger partial charge in [0.05, 0.1) is 5.92 Å². The summed E-state index contributed by atoms with van der Waals surface area (Å²) in [6, 6.07) is 0. The van der Waals surface area contributed by atoms with Crippen molar-refractivity contribution >= 4 is 11.9 Å². The Hall–Kier alpha value is -1.46. The minimum atomic E-state index is -4.17. The third-order valence-electron chi connectivity index (χ3n) is 4.20. The molecule has 1 saturated carbocycles. The minimum absolute atomic E-state index is 0.0266. The third-order valence-corrected chi connectivity index (χ3v) is 4.20. The molecule has 0 aliphatic heterocycles. The van der Waals surface area contributed by atoms with Gasteiger partial charge in [0.15, 0.2) is 6.10 Å². The van der Waals surface area contributed by atoms with Gasteiger partial charge in [-0.3, -0.25) is 4.79 Å². The number of fused-ring (bicyclic) bond motifs is 2. The molecule has 0 saturated heterocycles. The monoisotopic (exact) mass is 301 g/mol. The predicted molar refractivity (Wildman–Crippen MR) is 68.1 cm³/mol. The molecule has 2 aliphatic carbocycles. The number of carboxylic acid groups (broad SMARTS) is 1. The molecule has 2 rings (SSSR count). The summed E-state index contributed by atoms with van der Waals surface area (Å²) in [4.78, 5) is 22.7. The summed E-state index contributed by atoms with van der Waals surface area (Å²) in [5, 5.41) is 10.6. The fourth-order valence-corrected chi connectivity index (χ4v) is 3.11. The van der Waals surface area contributed by atoms with Gasteiger partial charge in [-0.1, -0.05) is 26.0 Å². The van der Waals surface area contributed by atoms with Crippen molar-refractivity contribution < 1.29 is 28.2 Å². The van der Waals surface area contributed by atoms with Crippen molar-refractivity contribution in [2.45, 2.75) is 45.1 Å². The maximum atomic E-state index is 13.7. The Kier molecular flexibility index (Phi) is 4.35. The molecule has 0 spiro atoms. The molecule has 2 bridgehead atoms. The van der Waals surface area contributed by atoms with Gasteiger partial charge in [-0.2, -0.15) is 8.78 Å². The smallest absolute Gasteiger partial charge is 0.323 e. The molecular formula is C15H19F2O4-. The van der Waals surface area contributed by atoms with Crippen LogP contribution >= 0.6 is 0 Å². The maximum absolute atomic E-state index is 13.7. The van der Waals surface area contributed by atoms with Gasteiger partial charge in [-0.15, -0.1) is 0 Å². The van der Waals surface area contributed by atoms with Gasteiger partial charge in [0.25, 0.3) is 0 Å². The van der Waals surface area contributed by atoms with Gasteiger partial charge in [0.1, 0.15) is 5.97 Å². The lowest BCUT2D eigenvalue weighted by Gasteiger charge is -2.30. The molecule has 4 atom stereocenters. The van der Waals surface area contributed by atoms with Crippen LogP contribution in [-0.2, 0) is 14.3 Å². The van der Waals surface area contributed by atoms with Gasteiger partial charge >= 0.3 is 11.9 Å². The Morgan fingerprint density at radius 2 is 2.00 bits per heavy atom. The van der Waals surface area contributed by atoms with E-state index in [0.29, 0.717) is 12.3 Å². The lowest BCUT2D eigenvalue weighted by atomic mass is 9.93. The van der Waals surface area contributed by atoms with E-state index in [2.05, 4.69) is 0 Å². The number of esters is 1. The number of carbonyl (C=O) groups is 2. The Balaban J connectivity index is 2.06. The number of allylic oxidation sites excluding steroid dienone is 2. The highest BCUT2D eigenvalue weighted by Gasteiger charge is 2.47. The van der Waals surface area contributed by atoms with E-state index in [1.807, 2.05) is 12.2 Å². The highest BCUT2D eigenvalue weighted by molar-refractivity contribution is 5.77. The largest absolute Gasteiger partial charge is 0.544 e. The Bertz CT molecular complexity index is 459. The number of halogens is 2. The van der Waals surface area contributed by atoms with Crippen molar-refractivity contribution in [3.8, 4) is 0 Å². The summed E-state index contributed by atoms with van der Waals surface area (Å²) in [6.45, 7) is 3.32. The fraction of sp³-hybridized carbons (Fsp3) is 0.733. The number of carbonyl (C=O) groups excluding carboxylic acids is 2. The minimum Gasteiger partial charge on any atom is -0.544 e. The molecule has 0 radical (unpaired) electrons. The van der Waals surface area contributed by atoms with Crippen molar-refractivity contribution in [3.63, 3.8) is 0 Å². The van der Waals surface area contributed by atoms with E-state index in [-0.39, 0.29) is 18.3 Å². The molecule has 0 amide bonds. The van der Waals surface area contributed by atoms with Crippen molar-refractivity contribution in [1.82, 2.24) is 0 Å². The molecule has 6 heteroatoms. The van der Waals surface area contributed by atoms with Crippen molar-refractivity contribution in [3.05, 3.63) is 12.2 Å². The zero-order valence-corrected chi connectivity index (χ0v) is 12.1. The predicted octanol–water partition coefficient (Wildman–Crippen LogP) is 1.54. The molecule has 118 valence electrons. The summed E-state index contributed by atoms with van der Waals surface area (Å²) in [7, 11) is 0. The number of rotatable bonds is 6. The van der Waals surface area contributed by atoms with Gasteiger partial charge in [0.2, 0.25) is 0 Å². The summed E-state index contributed by atoms with van der Waals surface area (Å²) in [5.74, 6) is -7.74. The second kappa shape index (κ2) is 5.73. The Morgan fingerprint density at radius 3 is 2.43 bits per heavy atom. The Labute approximate surface area is 122 Å². The van der Waals surface area contributed by atoms with E-state index in [1.54, 1.807) is 13.8 Å². The first kappa shape index (κ1) is 15.9. The third kappa shape index (κ3) is 3.24. The highest BCUT2D eigenvalue weighted by Crippen LogP contribution is 2.44. The van der Waals surface area contributed by atoms with Crippen LogP contribution in [0.3, 0.4) is 0 Å². The standard InChI is InChI=1S/C15H20F2O4/c1-8(2)5-12(15(16,17)14(19)20)21-13(18)11-7-9-3-4-10(11)6-9/h3-4,8-12H,5-7H2,1-2H3,(H,19,20)/p-1. The van der Waals surface area contributed by atoms with Crippen molar-refractivity contribution in [2.24, 2.45) is 23.7 Å². The molecule has 0 aromatic rings. The number of hydrogen-bond donors (Lipinski definition) is 0. The van der Waals surface area contributed by atoms with Crippen LogP contribution in [0.4, 0.5) is 8.78 Å². The molecule has 4 unspecified atom stereocenters. The molecule has 1 fully saturated rings. The molecule has 0 aromatic heterocycles. The van der Waals surface area contributed by atoms with Crippen molar-refractivity contribution in [1.29, 1.82) is 0 Å². The lowest BCUT2D eigenvalue weighted by molar-refractivity contribution is -0.336. The molecule has 0 N–H and O–H groups in total. The fourth-order valence-electron chi connectivity index (χ4n) is 3.11. The van der Waals surface area contributed by atoms with E-state index in [1.165, 1.54) is 0 Å². The van der Waals surface area contributed by atoms with E-state index in [4.69, 9.17) is 4.74 Å². The number of carboxylic acids is 1. The Morgan fingerprint density at radius 1 is 1.33 bits per heavy atom. The number of hydrogen-bond acceptors (Lipinski definition) is 4. The average molecular weight is 301 g/mol. The summed E-state index contributed by atoms with van der Waals surface area (Å²) >= 11 is 0. The van der Waals surface area contributed by atoms with Gasteiger partial charge < -0.3 is 14.6 Å². The van der Waals surface area contributed by atoms with Crippen LogP contribution in [0, 0.1) is 23.7 Å². The summed E-state index contributed by atoms with van der Waals surface area (Å²) in [5.41, 5.74) is 0. The molecule has 21 heavy (non-hydrogen) atoms. The van der Waals surface area contributed by atoms with E-state index < -0.39 is 29.9 Å². The molecule has 4 nitrogen and oxygen atoms in total. The quantitative estimate of drug-likeness (QED) is 0.551. The first-order chi connectivity index (χ1) is 9.71. The van der Waals surface area contributed by atoms with Gasteiger partial charge in [-0.25, -0.2) is 0 Å². The van der Waals surface area contributed by atoms with Crippen molar-refractivity contribution in [2.75, 3.05) is 0 Å². The lowest BCUT2D eigenvalue weighted by Crippen LogP contribution is -2.52. The highest BCUT2D eigenvalue weighted by atomic mass is 19.3. The second-order valence-electron chi connectivity index (χ2n) is 6.35. The number of alkyl halides is 2. The zero-order chi connectivity index (χ0) is 15.8. The first-order valence-electron chi connectivity index (χ1n) is 7.20. The average Bonchev–Trinajstić information content (AvgIpc) is 2.99. The molecular weight excluding hydrogens is 282 g/mol. The maximum Gasteiger partial charge on any atom is 0.323 e. The number of ether oxygens (including phenoxy) is 1. The van der Waals surface area contributed by atoms with Crippen LogP contribution in [0.5, 0.6) is 0 Å². The van der Waals surface area contributed by atoms with Crippen LogP contribution in [0.25, 0.3) is 0 Å². The van der Waals surface area contributed by atoms with E-state index >= 15 is 0 Å². The van der Waals surface area contributed by atoms with Crippen LogP contribution in [0.15, 0.2) is 12.2 Å². The second-order valence-corrected chi connectivity index (χ2v) is 6.35. The summed E-state index contributed by atoms with van der Waals surface area (Å²) in [6.07, 6.45) is 3.17.